The molecule has 21 heavy (non-hydrogen) atoms. The van der Waals surface area contributed by atoms with Gasteiger partial charge in [0.1, 0.15) is 10.6 Å². The average Bonchev–Trinajstić information content (AvgIpc) is 2.39. The SMILES string of the molecule is CCC(C)NC(=O)C(C)Oc1ccc(C)cc1S(=O)(=O)Cl. The minimum Gasteiger partial charge on any atom is -0.479 e. The predicted molar refractivity (Wildman–Crippen MR) is 82.2 cm³/mol. The second kappa shape index (κ2) is 7.13. The zero-order chi connectivity index (χ0) is 16.2. The summed E-state index contributed by atoms with van der Waals surface area (Å²) in [6, 6.07) is 4.63. The van der Waals surface area contributed by atoms with Gasteiger partial charge < -0.3 is 10.1 Å². The first-order valence-corrected chi connectivity index (χ1v) is 8.98. The number of nitrogens with one attached hydrogen (secondary N) is 1. The number of carbonyl (C=O) groups excluding carboxylic acids is 1. The van der Waals surface area contributed by atoms with Gasteiger partial charge in [0.05, 0.1) is 0 Å². The van der Waals surface area contributed by atoms with Crippen molar-refractivity contribution in [3.8, 4) is 5.75 Å². The highest BCUT2D eigenvalue weighted by molar-refractivity contribution is 8.13. The van der Waals surface area contributed by atoms with Crippen LogP contribution in [0.3, 0.4) is 0 Å². The lowest BCUT2D eigenvalue weighted by atomic mass is 10.2. The van der Waals surface area contributed by atoms with E-state index < -0.39 is 15.2 Å². The van der Waals surface area contributed by atoms with Gasteiger partial charge in [-0.3, -0.25) is 4.79 Å². The molecule has 0 aromatic heterocycles. The van der Waals surface area contributed by atoms with Crippen LogP contribution in [0.15, 0.2) is 23.1 Å². The van der Waals surface area contributed by atoms with Crippen molar-refractivity contribution < 1.29 is 17.9 Å². The van der Waals surface area contributed by atoms with E-state index in [1.807, 2.05) is 13.8 Å². The van der Waals surface area contributed by atoms with E-state index in [1.165, 1.54) is 12.1 Å². The molecule has 118 valence electrons. The summed E-state index contributed by atoms with van der Waals surface area (Å²) in [5.41, 5.74) is 0.735. The molecule has 1 amide bonds. The summed E-state index contributed by atoms with van der Waals surface area (Å²) < 4.78 is 28.6. The van der Waals surface area contributed by atoms with Crippen molar-refractivity contribution in [1.82, 2.24) is 5.32 Å². The van der Waals surface area contributed by atoms with E-state index in [0.29, 0.717) is 0 Å². The molecular formula is C14H20ClNO4S. The van der Waals surface area contributed by atoms with Gasteiger partial charge in [-0.05, 0) is 44.9 Å². The molecule has 0 bridgehead atoms. The van der Waals surface area contributed by atoms with Crippen molar-refractivity contribution in [1.29, 1.82) is 0 Å². The van der Waals surface area contributed by atoms with E-state index in [2.05, 4.69) is 5.32 Å². The average molecular weight is 334 g/mol. The molecule has 2 unspecified atom stereocenters. The third-order valence-electron chi connectivity index (χ3n) is 3.04. The summed E-state index contributed by atoms with van der Waals surface area (Å²) in [6.45, 7) is 7.14. The topological polar surface area (TPSA) is 72.5 Å². The Hall–Kier alpha value is -1.27. The van der Waals surface area contributed by atoms with Gasteiger partial charge in [-0.25, -0.2) is 8.42 Å². The zero-order valence-corrected chi connectivity index (χ0v) is 14.1. The number of benzene rings is 1. The Balaban J connectivity index is 2.95. The molecule has 0 aliphatic heterocycles. The van der Waals surface area contributed by atoms with Gasteiger partial charge in [0.25, 0.3) is 15.0 Å². The molecule has 0 heterocycles. The number of rotatable bonds is 6. The Morgan fingerprint density at radius 1 is 1.38 bits per heavy atom. The molecule has 2 atom stereocenters. The number of amides is 1. The molecule has 0 aliphatic carbocycles. The largest absolute Gasteiger partial charge is 0.479 e. The van der Waals surface area contributed by atoms with Crippen molar-refractivity contribution in [2.24, 2.45) is 0 Å². The van der Waals surface area contributed by atoms with E-state index in [9.17, 15) is 13.2 Å². The normalized spacial score (nSPS) is 14.3. The monoisotopic (exact) mass is 333 g/mol. The molecule has 0 saturated heterocycles. The molecule has 7 heteroatoms. The second-order valence-corrected chi connectivity index (χ2v) is 7.50. The van der Waals surface area contributed by atoms with Crippen LogP contribution in [0, 0.1) is 6.92 Å². The molecule has 0 radical (unpaired) electrons. The van der Waals surface area contributed by atoms with Crippen LogP contribution in [0.2, 0.25) is 0 Å². The predicted octanol–water partition coefficient (Wildman–Crippen LogP) is 2.60. The van der Waals surface area contributed by atoms with Gasteiger partial charge >= 0.3 is 0 Å². The van der Waals surface area contributed by atoms with E-state index in [0.717, 1.165) is 12.0 Å². The van der Waals surface area contributed by atoms with Gasteiger partial charge in [0, 0.05) is 16.7 Å². The summed E-state index contributed by atoms with van der Waals surface area (Å²) in [5, 5.41) is 2.77. The number of halogens is 1. The summed E-state index contributed by atoms with van der Waals surface area (Å²) in [5.74, 6) is -0.231. The number of aryl methyl sites for hydroxylation is 1. The highest BCUT2D eigenvalue weighted by Crippen LogP contribution is 2.28. The Morgan fingerprint density at radius 3 is 2.52 bits per heavy atom. The van der Waals surface area contributed by atoms with Crippen molar-refractivity contribution in [3.05, 3.63) is 23.8 Å². The van der Waals surface area contributed by atoms with Gasteiger partial charge in [0.2, 0.25) is 0 Å². The van der Waals surface area contributed by atoms with Crippen molar-refractivity contribution in [3.63, 3.8) is 0 Å². The van der Waals surface area contributed by atoms with Crippen LogP contribution in [0.4, 0.5) is 0 Å². The zero-order valence-electron chi connectivity index (χ0n) is 12.5. The third-order valence-corrected chi connectivity index (χ3v) is 4.38. The number of ether oxygens (including phenoxy) is 1. The molecule has 0 spiro atoms. The van der Waals surface area contributed by atoms with E-state index in [1.54, 1.807) is 19.9 Å². The van der Waals surface area contributed by atoms with Crippen LogP contribution in [0.5, 0.6) is 5.75 Å². The van der Waals surface area contributed by atoms with Gasteiger partial charge in [-0.1, -0.05) is 13.0 Å². The van der Waals surface area contributed by atoms with Crippen molar-refractivity contribution >= 4 is 25.6 Å². The molecule has 5 nitrogen and oxygen atoms in total. The maximum Gasteiger partial charge on any atom is 0.264 e. The standard InChI is InChI=1S/C14H20ClNO4S/c1-5-10(3)16-14(17)11(4)20-12-7-6-9(2)8-13(12)21(15,18)19/h6-8,10-11H,5H2,1-4H3,(H,16,17). The maximum absolute atomic E-state index is 11.9. The van der Waals surface area contributed by atoms with Crippen molar-refractivity contribution in [2.75, 3.05) is 0 Å². The second-order valence-electron chi connectivity index (χ2n) is 4.97. The maximum atomic E-state index is 11.9. The fourth-order valence-corrected chi connectivity index (χ4v) is 2.65. The molecule has 0 saturated carbocycles. The molecule has 0 fully saturated rings. The summed E-state index contributed by atoms with van der Waals surface area (Å²) in [7, 11) is 1.46. The minimum atomic E-state index is -3.94. The lowest BCUT2D eigenvalue weighted by Crippen LogP contribution is -2.41. The Bertz CT molecular complexity index is 615. The minimum absolute atomic E-state index is 0.0257. The van der Waals surface area contributed by atoms with Gasteiger partial charge in [-0.15, -0.1) is 0 Å². The van der Waals surface area contributed by atoms with Crippen LogP contribution in [0.25, 0.3) is 0 Å². The molecule has 0 aliphatic rings. The highest BCUT2D eigenvalue weighted by Gasteiger charge is 2.22. The van der Waals surface area contributed by atoms with Crippen LogP contribution < -0.4 is 10.1 Å². The molecule has 1 rings (SSSR count). The number of carbonyl (C=O) groups is 1. The van der Waals surface area contributed by atoms with Crippen LogP contribution in [-0.4, -0.2) is 26.5 Å². The first-order chi connectivity index (χ1) is 9.65. The number of hydrogen-bond donors (Lipinski definition) is 1. The quantitative estimate of drug-likeness (QED) is 0.812. The Labute approximate surface area is 130 Å². The molecule has 1 N–H and O–H groups in total. The summed E-state index contributed by atoms with van der Waals surface area (Å²) >= 11 is 0. The lowest BCUT2D eigenvalue weighted by Gasteiger charge is -2.19. The van der Waals surface area contributed by atoms with Crippen LogP contribution in [0.1, 0.15) is 32.8 Å². The van der Waals surface area contributed by atoms with Gasteiger partial charge in [0.15, 0.2) is 6.10 Å². The molecular weight excluding hydrogens is 314 g/mol. The van der Waals surface area contributed by atoms with Crippen LogP contribution >= 0.6 is 10.7 Å². The third kappa shape index (κ3) is 5.21. The fraction of sp³-hybridized carbons (Fsp3) is 0.500. The molecule has 1 aromatic rings. The van der Waals surface area contributed by atoms with E-state index in [4.69, 9.17) is 15.4 Å². The van der Waals surface area contributed by atoms with Crippen LogP contribution in [-0.2, 0) is 13.8 Å². The highest BCUT2D eigenvalue weighted by atomic mass is 35.7. The smallest absolute Gasteiger partial charge is 0.264 e. The first-order valence-electron chi connectivity index (χ1n) is 6.67. The Kier molecular flexibility index (Phi) is 6.04. The van der Waals surface area contributed by atoms with E-state index >= 15 is 0 Å². The fourth-order valence-electron chi connectivity index (χ4n) is 1.61. The van der Waals surface area contributed by atoms with Gasteiger partial charge in [-0.2, -0.15) is 0 Å². The summed E-state index contributed by atoms with van der Waals surface area (Å²) in [4.78, 5) is 11.8. The Morgan fingerprint density at radius 2 is 2.00 bits per heavy atom. The first kappa shape index (κ1) is 17.8. The van der Waals surface area contributed by atoms with Crippen molar-refractivity contribution in [2.45, 2.75) is 51.2 Å². The summed E-state index contributed by atoms with van der Waals surface area (Å²) in [6.07, 6.45) is -0.0246. The lowest BCUT2D eigenvalue weighted by molar-refractivity contribution is -0.128. The molecule has 1 aromatic carbocycles. The van der Waals surface area contributed by atoms with E-state index in [-0.39, 0.29) is 22.6 Å². The number of hydrogen-bond acceptors (Lipinski definition) is 4.